The zero-order chi connectivity index (χ0) is 11.9. The summed E-state index contributed by atoms with van der Waals surface area (Å²) in [5, 5.41) is 8.72. The van der Waals surface area contributed by atoms with Gasteiger partial charge in [-0.1, -0.05) is 48.5 Å². The van der Waals surface area contributed by atoms with Gasteiger partial charge < -0.3 is 4.74 Å². The highest BCUT2D eigenvalue weighted by Crippen LogP contribution is 2.19. The predicted octanol–water partition coefficient (Wildman–Crippen LogP) is 3.33. The Morgan fingerprint density at radius 2 is 1.65 bits per heavy atom. The number of benzene rings is 2. The number of hydrogen-bond donors (Lipinski definition) is 0. The van der Waals surface area contributed by atoms with E-state index in [0.717, 1.165) is 16.9 Å². The van der Waals surface area contributed by atoms with Crippen LogP contribution >= 0.6 is 0 Å². The zero-order valence-electron chi connectivity index (χ0n) is 9.47. The molecule has 0 radical (unpaired) electrons. The Kier molecular flexibility index (Phi) is 3.77. The summed E-state index contributed by atoms with van der Waals surface area (Å²) in [4.78, 5) is 0. The van der Waals surface area contributed by atoms with Gasteiger partial charge in [0.05, 0.1) is 12.5 Å². The Morgan fingerprint density at radius 1 is 0.941 bits per heavy atom. The largest absolute Gasteiger partial charge is 0.489 e. The van der Waals surface area contributed by atoms with Crippen LogP contribution in [0.3, 0.4) is 0 Å². The number of nitriles is 1. The lowest BCUT2D eigenvalue weighted by atomic mass is 10.1. The monoisotopic (exact) mass is 223 g/mol. The van der Waals surface area contributed by atoms with E-state index in [1.54, 1.807) is 0 Å². The van der Waals surface area contributed by atoms with E-state index in [1.807, 2.05) is 54.6 Å². The molecule has 0 amide bonds. The lowest BCUT2D eigenvalue weighted by Gasteiger charge is -2.09. The van der Waals surface area contributed by atoms with E-state index in [0.29, 0.717) is 13.0 Å². The third-order valence-electron chi connectivity index (χ3n) is 2.48. The molecule has 0 aliphatic rings. The van der Waals surface area contributed by atoms with Crippen LogP contribution in [-0.4, -0.2) is 0 Å². The first kappa shape index (κ1) is 11.2. The van der Waals surface area contributed by atoms with Gasteiger partial charge in [0.2, 0.25) is 0 Å². The average molecular weight is 223 g/mol. The molecular weight excluding hydrogens is 210 g/mol. The molecule has 0 N–H and O–H groups in total. The van der Waals surface area contributed by atoms with Gasteiger partial charge in [-0.05, 0) is 11.6 Å². The average Bonchev–Trinajstić information content (AvgIpc) is 2.39. The summed E-state index contributed by atoms with van der Waals surface area (Å²) in [6.07, 6.45) is 0.380. The van der Waals surface area contributed by atoms with Crippen LogP contribution < -0.4 is 4.74 Å². The normalized spacial score (nSPS) is 9.59. The van der Waals surface area contributed by atoms with Crippen LogP contribution in [0.5, 0.6) is 5.75 Å². The molecular formula is C15H13NO. The van der Waals surface area contributed by atoms with E-state index in [9.17, 15) is 0 Å². The zero-order valence-corrected chi connectivity index (χ0v) is 9.47. The molecule has 0 heterocycles. The molecule has 0 aliphatic carbocycles. The molecule has 0 aromatic heterocycles. The minimum absolute atomic E-state index is 0.380. The van der Waals surface area contributed by atoms with Crippen molar-refractivity contribution < 1.29 is 4.74 Å². The first-order valence-electron chi connectivity index (χ1n) is 5.52. The third kappa shape index (κ3) is 3.09. The Balaban J connectivity index is 2.07. The second-order valence-electron chi connectivity index (χ2n) is 3.72. The van der Waals surface area contributed by atoms with Gasteiger partial charge in [-0.3, -0.25) is 0 Å². The molecule has 0 aliphatic heterocycles. The van der Waals surface area contributed by atoms with E-state index >= 15 is 0 Å². The Bertz CT molecular complexity index is 514. The maximum absolute atomic E-state index is 8.72. The summed E-state index contributed by atoms with van der Waals surface area (Å²) in [5.74, 6) is 0.790. The molecule has 0 saturated heterocycles. The van der Waals surface area contributed by atoms with Crippen LogP contribution in [0.4, 0.5) is 0 Å². The number of hydrogen-bond acceptors (Lipinski definition) is 2. The number of rotatable bonds is 4. The van der Waals surface area contributed by atoms with E-state index in [2.05, 4.69) is 6.07 Å². The molecule has 2 aromatic rings. The highest BCUT2D eigenvalue weighted by Gasteiger charge is 2.02. The van der Waals surface area contributed by atoms with Crippen molar-refractivity contribution in [3.05, 3.63) is 65.7 Å². The van der Waals surface area contributed by atoms with E-state index in [-0.39, 0.29) is 0 Å². The Hall–Kier alpha value is -2.27. The summed E-state index contributed by atoms with van der Waals surface area (Å²) in [7, 11) is 0. The highest BCUT2D eigenvalue weighted by atomic mass is 16.5. The van der Waals surface area contributed by atoms with Crippen molar-refractivity contribution in [2.75, 3.05) is 0 Å². The van der Waals surface area contributed by atoms with Gasteiger partial charge in [-0.2, -0.15) is 5.26 Å². The molecule has 0 saturated carbocycles. The maximum Gasteiger partial charge on any atom is 0.124 e. The van der Waals surface area contributed by atoms with E-state index < -0.39 is 0 Å². The van der Waals surface area contributed by atoms with Crippen molar-refractivity contribution in [1.82, 2.24) is 0 Å². The minimum atomic E-state index is 0.380. The molecule has 0 spiro atoms. The topological polar surface area (TPSA) is 33.0 Å². The first-order valence-corrected chi connectivity index (χ1v) is 5.52. The quantitative estimate of drug-likeness (QED) is 0.796. The molecule has 2 rings (SSSR count). The van der Waals surface area contributed by atoms with Crippen LogP contribution in [0.25, 0.3) is 0 Å². The second-order valence-corrected chi connectivity index (χ2v) is 3.72. The summed E-state index contributed by atoms with van der Waals surface area (Å²) < 4.78 is 5.72. The van der Waals surface area contributed by atoms with Crippen LogP contribution in [0.15, 0.2) is 54.6 Å². The molecule has 17 heavy (non-hydrogen) atoms. The van der Waals surface area contributed by atoms with Crippen LogP contribution in [-0.2, 0) is 13.0 Å². The Morgan fingerprint density at radius 3 is 2.41 bits per heavy atom. The standard InChI is InChI=1S/C15H13NO/c16-11-10-14-8-4-5-9-15(14)17-12-13-6-2-1-3-7-13/h1-9H,10,12H2. The van der Waals surface area contributed by atoms with Crippen molar-refractivity contribution in [2.24, 2.45) is 0 Å². The second kappa shape index (κ2) is 5.72. The molecule has 0 bridgehead atoms. The van der Waals surface area contributed by atoms with Crippen molar-refractivity contribution in [3.63, 3.8) is 0 Å². The van der Waals surface area contributed by atoms with Gasteiger partial charge in [-0.25, -0.2) is 0 Å². The summed E-state index contributed by atoms with van der Waals surface area (Å²) in [6.45, 7) is 0.531. The van der Waals surface area contributed by atoms with Crippen molar-refractivity contribution >= 4 is 0 Å². The first-order chi connectivity index (χ1) is 8.40. The highest BCUT2D eigenvalue weighted by molar-refractivity contribution is 5.35. The van der Waals surface area contributed by atoms with Crippen molar-refractivity contribution in [3.8, 4) is 11.8 Å². The van der Waals surface area contributed by atoms with Crippen LogP contribution in [0, 0.1) is 11.3 Å². The molecule has 0 unspecified atom stereocenters. The fraction of sp³-hybridized carbons (Fsp3) is 0.133. The fourth-order valence-electron chi connectivity index (χ4n) is 1.61. The van der Waals surface area contributed by atoms with Crippen LogP contribution in [0.1, 0.15) is 11.1 Å². The molecule has 0 atom stereocenters. The smallest absolute Gasteiger partial charge is 0.124 e. The fourth-order valence-corrected chi connectivity index (χ4v) is 1.61. The lowest BCUT2D eigenvalue weighted by Crippen LogP contribution is -1.97. The summed E-state index contributed by atoms with van der Waals surface area (Å²) in [5.41, 5.74) is 2.06. The van der Waals surface area contributed by atoms with Gasteiger partial charge in [0, 0.05) is 5.56 Å². The van der Waals surface area contributed by atoms with Gasteiger partial charge in [-0.15, -0.1) is 0 Å². The summed E-state index contributed by atoms with van der Waals surface area (Å²) >= 11 is 0. The van der Waals surface area contributed by atoms with Crippen molar-refractivity contribution in [1.29, 1.82) is 5.26 Å². The van der Waals surface area contributed by atoms with Crippen molar-refractivity contribution in [2.45, 2.75) is 13.0 Å². The molecule has 84 valence electrons. The molecule has 2 nitrogen and oxygen atoms in total. The number of ether oxygens (including phenoxy) is 1. The van der Waals surface area contributed by atoms with E-state index in [4.69, 9.17) is 10.00 Å². The minimum Gasteiger partial charge on any atom is -0.489 e. The van der Waals surface area contributed by atoms with Gasteiger partial charge in [0.1, 0.15) is 12.4 Å². The van der Waals surface area contributed by atoms with Gasteiger partial charge >= 0.3 is 0 Å². The number of para-hydroxylation sites is 1. The van der Waals surface area contributed by atoms with Gasteiger partial charge in [0.15, 0.2) is 0 Å². The molecule has 2 heteroatoms. The molecule has 2 aromatic carbocycles. The van der Waals surface area contributed by atoms with Crippen LogP contribution in [0.2, 0.25) is 0 Å². The summed E-state index contributed by atoms with van der Waals surface area (Å²) in [6, 6.07) is 19.8. The Labute approximate surface area is 101 Å². The number of nitrogens with zero attached hydrogens (tertiary/aromatic N) is 1. The maximum atomic E-state index is 8.72. The van der Waals surface area contributed by atoms with E-state index in [1.165, 1.54) is 0 Å². The predicted molar refractivity (Wildman–Crippen MR) is 66.5 cm³/mol. The molecule has 0 fully saturated rings. The van der Waals surface area contributed by atoms with Gasteiger partial charge in [0.25, 0.3) is 0 Å². The third-order valence-corrected chi connectivity index (χ3v) is 2.48. The SMILES string of the molecule is N#CCc1ccccc1OCc1ccccc1. The lowest BCUT2D eigenvalue weighted by molar-refractivity contribution is 0.303.